The van der Waals surface area contributed by atoms with Crippen molar-refractivity contribution < 1.29 is 13.9 Å². The Bertz CT molecular complexity index is 1330. The number of nitrogens with one attached hydrogen (secondary N) is 1. The predicted octanol–water partition coefficient (Wildman–Crippen LogP) is 4.63. The van der Waals surface area contributed by atoms with E-state index in [2.05, 4.69) is 20.4 Å². The zero-order chi connectivity index (χ0) is 23.2. The van der Waals surface area contributed by atoms with Crippen LogP contribution in [0.5, 0.6) is 5.75 Å². The standard InChI is InChI=1S/C26H24FN5O2/c1-15(26(33)31-17-3-5-18(6-4-17)32-14-28-13-30-32)25-20-11-19(12-21(20)25)34-24-8-9-29-23-7-2-16(27)10-22(23)24/h2-10,13-15,19-21,25H,11-12H2,1H3,(H,31,33)/t15?,19?,20-,21+,25?. The van der Waals surface area contributed by atoms with Crippen molar-refractivity contribution in [3.05, 3.63) is 73.2 Å². The molecule has 0 saturated heterocycles. The molecule has 5 atom stereocenters. The van der Waals surface area contributed by atoms with Crippen molar-refractivity contribution >= 4 is 22.5 Å². The molecule has 4 aromatic rings. The number of anilines is 1. The van der Waals surface area contributed by atoms with Gasteiger partial charge in [-0.05, 0) is 79.1 Å². The molecule has 2 aliphatic rings. The zero-order valence-electron chi connectivity index (χ0n) is 18.6. The molecule has 2 fully saturated rings. The van der Waals surface area contributed by atoms with E-state index >= 15 is 0 Å². The minimum absolute atomic E-state index is 0.0426. The fraction of sp³-hybridized carbons (Fsp3) is 0.308. The summed E-state index contributed by atoms with van der Waals surface area (Å²) in [6.07, 6.45) is 6.72. The average Bonchev–Trinajstić information content (AvgIpc) is 3.21. The summed E-state index contributed by atoms with van der Waals surface area (Å²) < 4.78 is 21.6. The molecule has 2 aromatic carbocycles. The molecule has 172 valence electrons. The van der Waals surface area contributed by atoms with Crippen LogP contribution < -0.4 is 10.1 Å². The molecule has 8 heteroatoms. The lowest BCUT2D eigenvalue weighted by Gasteiger charge is -2.20. The van der Waals surface area contributed by atoms with E-state index in [9.17, 15) is 9.18 Å². The Hall–Kier alpha value is -3.81. The number of fused-ring (bicyclic) bond motifs is 2. The van der Waals surface area contributed by atoms with Gasteiger partial charge in [0.25, 0.3) is 0 Å². The topological polar surface area (TPSA) is 81.9 Å². The maximum absolute atomic E-state index is 13.7. The van der Waals surface area contributed by atoms with E-state index in [4.69, 9.17) is 4.74 Å². The molecule has 6 rings (SSSR count). The van der Waals surface area contributed by atoms with Gasteiger partial charge in [-0.15, -0.1) is 0 Å². The highest BCUT2D eigenvalue weighted by molar-refractivity contribution is 5.93. The number of amides is 1. The minimum atomic E-state index is -0.299. The number of benzene rings is 2. The summed E-state index contributed by atoms with van der Waals surface area (Å²) in [6.45, 7) is 2.01. The SMILES string of the molecule is CC(C(=O)Nc1ccc(-n2cncn2)cc1)C1[C@H]2CC(Oc3ccnc4ccc(F)cc34)C[C@@H]12. The maximum Gasteiger partial charge on any atom is 0.227 e. The summed E-state index contributed by atoms with van der Waals surface area (Å²) in [5, 5.41) is 7.85. The van der Waals surface area contributed by atoms with Gasteiger partial charge in [-0.3, -0.25) is 9.78 Å². The third kappa shape index (κ3) is 3.79. The van der Waals surface area contributed by atoms with Gasteiger partial charge in [0.05, 0.1) is 17.3 Å². The fourth-order valence-electron chi connectivity index (χ4n) is 5.53. The largest absolute Gasteiger partial charge is 0.490 e. The molecule has 3 unspecified atom stereocenters. The van der Waals surface area contributed by atoms with Crippen molar-refractivity contribution in [2.45, 2.75) is 25.9 Å². The molecule has 2 saturated carbocycles. The highest BCUT2D eigenvalue weighted by Gasteiger charge is 2.59. The third-order valence-corrected chi connectivity index (χ3v) is 7.23. The lowest BCUT2D eigenvalue weighted by Crippen LogP contribution is -2.25. The van der Waals surface area contributed by atoms with Gasteiger partial charge in [0.2, 0.25) is 5.91 Å². The number of rotatable bonds is 6. The van der Waals surface area contributed by atoms with Crippen LogP contribution in [0.2, 0.25) is 0 Å². The Morgan fingerprint density at radius 3 is 2.68 bits per heavy atom. The number of hydrogen-bond donors (Lipinski definition) is 1. The second-order valence-electron chi connectivity index (χ2n) is 9.25. The summed E-state index contributed by atoms with van der Waals surface area (Å²) in [5.74, 6) is 1.71. The normalized spacial score (nSPS) is 23.9. The first-order chi connectivity index (χ1) is 16.6. The smallest absolute Gasteiger partial charge is 0.227 e. The van der Waals surface area contributed by atoms with Crippen molar-refractivity contribution in [1.29, 1.82) is 0 Å². The van der Waals surface area contributed by atoms with Crippen molar-refractivity contribution in [1.82, 2.24) is 19.7 Å². The van der Waals surface area contributed by atoms with Crippen LogP contribution in [-0.2, 0) is 4.79 Å². The van der Waals surface area contributed by atoms with E-state index in [1.54, 1.807) is 29.3 Å². The Kier molecular flexibility index (Phi) is 5.01. The van der Waals surface area contributed by atoms with E-state index in [-0.39, 0.29) is 23.7 Å². The Labute approximate surface area is 196 Å². The molecule has 0 aliphatic heterocycles. The van der Waals surface area contributed by atoms with Crippen molar-refractivity contribution in [2.75, 3.05) is 5.32 Å². The van der Waals surface area contributed by atoms with Crippen molar-refractivity contribution in [2.24, 2.45) is 23.7 Å². The van der Waals surface area contributed by atoms with Crippen LogP contribution in [0.1, 0.15) is 19.8 Å². The predicted molar refractivity (Wildman–Crippen MR) is 125 cm³/mol. The number of aromatic nitrogens is 4. The summed E-state index contributed by atoms with van der Waals surface area (Å²) in [6, 6.07) is 13.9. The molecule has 2 aromatic heterocycles. The van der Waals surface area contributed by atoms with E-state index in [1.165, 1.54) is 18.5 Å². The number of halogens is 1. The molecule has 0 radical (unpaired) electrons. The molecule has 0 bridgehead atoms. The zero-order valence-corrected chi connectivity index (χ0v) is 18.6. The molecule has 1 N–H and O–H groups in total. The molecule has 2 aliphatic carbocycles. The van der Waals surface area contributed by atoms with Crippen LogP contribution in [0, 0.1) is 29.5 Å². The van der Waals surface area contributed by atoms with E-state index < -0.39 is 0 Å². The van der Waals surface area contributed by atoms with Gasteiger partial charge in [0.15, 0.2) is 0 Å². The van der Waals surface area contributed by atoms with Crippen molar-refractivity contribution in [3.8, 4) is 11.4 Å². The quantitative estimate of drug-likeness (QED) is 0.456. The van der Waals surface area contributed by atoms with Gasteiger partial charge < -0.3 is 10.1 Å². The Morgan fingerprint density at radius 2 is 1.94 bits per heavy atom. The van der Waals surface area contributed by atoms with Gasteiger partial charge in [-0.25, -0.2) is 14.1 Å². The summed E-state index contributed by atoms with van der Waals surface area (Å²) in [7, 11) is 0. The molecule has 7 nitrogen and oxygen atoms in total. The molecule has 34 heavy (non-hydrogen) atoms. The highest BCUT2D eigenvalue weighted by atomic mass is 19.1. The van der Waals surface area contributed by atoms with Crippen LogP contribution in [-0.4, -0.2) is 31.8 Å². The fourth-order valence-corrected chi connectivity index (χ4v) is 5.53. The van der Waals surface area contributed by atoms with Gasteiger partial charge in [0, 0.05) is 23.2 Å². The second-order valence-corrected chi connectivity index (χ2v) is 9.25. The number of carbonyl (C=O) groups excluding carboxylic acids is 1. The first kappa shape index (κ1) is 20.8. The summed E-state index contributed by atoms with van der Waals surface area (Å²) in [5.41, 5.74) is 2.38. The monoisotopic (exact) mass is 457 g/mol. The summed E-state index contributed by atoms with van der Waals surface area (Å²) >= 11 is 0. The summed E-state index contributed by atoms with van der Waals surface area (Å²) in [4.78, 5) is 21.1. The minimum Gasteiger partial charge on any atom is -0.490 e. The van der Waals surface area contributed by atoms with Crippen LogP contribution in [0.4, 0.5) is 10.1 Å². The highest BCUT2D eigenvalue weighted by Crippen LogP contribution is 2.61. The Balaban J connectivity index is 1.05. The second kappa shape index (κ2) is 8.20. The van der Waals surface area contributed by atoms with E-state index in [0.29, 0.717) is 28.9 Å². The van der Waals surface area contributed by atoms with E-state index in [0.717, 1.165) is 29.7 Å². The van der Waals surface area contributed by atoms with E-state index in [1.807, 2.05) is 31.2 Å². The molecule has 0 spiro atoms. The number of hydrogen-bond acceptors (Lipinski definition) is 5. The molecular weight excluding hydrogens is 433 g/mol. The van der Waals surface area contributed by atoms with Crippen LogP contribution in [0.3, 0.4) is 0 Å². The van der Waals surface area contributed by atoms with Crippen LogP contribution >= 0.6 is 0 Å². The first-order valence-electron chi connectivity index (χ1n) is 11.5. The average molecular weight is 458 g/mol. The first-order valence-corrected chi connectivity index (χ1v) is 11.5. The third-order valence-electron chi connectivity index (χ3n) is 7.23. The van der Waals surface area contributed by atoms with Gasteiger partial charge >= 0.3 is 0 Å². The molecular formula is C26H24FN5O2. The lowest BCUT2D eigenvalue weighted by atomic mass is 9.97. The molecule has 2 heterocycles. The van der Waals surface area contributed by atoms with Gasteiger partial charge in [-0.1, -0.05) is 6.92 Å². The number of carbonyl (C=O) groups is 1. The lowest BCUT2D eigenvalue weighted by molar-refractivity contribution is -0.120. The van der Waals surface area contributed by atoms with Crippen LogP contribution in [0.15, 0.2) is 67.4 Å². The molecule has 1 amide bonds. The van der Waals surface area contributed by atoms with Gasteiger partial charge in [-0.2, -0.15) is 5.10 Å². The number of nitrogens with zero attached hydrogens (tertiary/aromatic N) is 4. The van der Waals surface area contributed by atoms with Crippen LogP contribution in [0.25, 0.3) is 16.6 Å². The van der Waals surface area contributed by atoms with Crippen molar-refractivity contribution in [3.63, 3.8) is 0 Å². The number of pyridine rings is 1. The Morgan fingerprint density at radius 1 is 1.15 bits per heavy atom. The van der Waals surface area contributed by atoms with Gasteiger partial charge in [0.1, 0.15) is 24.2 Å². The number of ether oxygens (including phenoxy) is 1. The maximum atomic E-state index is 13.7.